The monoisotopic (exact) mass is 578 g/mol. The Labute approximate surface area is 245 Å². The van der Waals surface area contributed by atoms with Gasteiger partial charge in [0.05, 0.1) is 34.8 Å². The summed E-state index contributed by atoms with van der Waals surface area (Å²) in [6, 6.07) is 14.2. The average Bonchev–Trinajstić information content (AvgIpc) is 3.54. The Morgan fingerprint density at radius 2 is 1.85 bits per heavy atom. The number of carbonyl (C=O) groups is 3. The molecule has 9 heteroatoms. The molecule has 1 fully saturated rings. The molecule has 1 N–H and O–H groups in total. The largest absolute Gasteiger partial charge is 0.494 e. The number of esters is 1. The number of β-amino-alcohol motifs (C(OH)–C–C–N with tert-alkyl or cyclic N) is 1. The van der Waals surface area contributed by atoms with E-state index in [1.807, 2.05) is 57.5 Å². The molecule has 2 heterocycles. The molecule has 0 unspecified atom stereocenters. The first kappa shape index (κ1) is 30.4. The second kappa shape index (κ2) is 13.4. The molecule has 0 bridgehead atoms. The van der Waals surface area contributed by atoms with Crippen LogP contribution in [-0.4, -0.2) is 63.5 Å². The molecule has 0 saturated carbocycles. The zero-order valence-corrected chi connectivity index (χ0v) is 24.9. The highest BCUT2D eigenvalue weighted by molar-refractivity contribution is 7.13. The van der Waals surface area contributed by atoms with Crippen LogP contribution in [0.2, 0.25) is 0 Å². The third-order valence-electron chi connectivity index (χ3n) is 6.83. The van der Waals surface area contributed by atoms with Crippen molar-refractivity contribution in [2.45, 2.75) is 77.5 Å². The summed E-state index contributed by atoms with van der Waals surface area (Å²) in [4.78, 5) is 45.4. The third kappa shape index (κ3) is 8.47. The van der Waals surface area contributed by atoms with E-state index in [0.717, 1.165) is 21.7 Å². The number of Topliss-reactive ketones (excluding diaryl/α,β-unsaturated/α-hetero) is 1. The molecule has 1 amide bonds. The molecule has 0 radical (unpaired) electrons. The van der Waals surface area contributed by atoms with Gasteiger partial charge >= 0.3 is 5.97 Å². The SMILES string of the molecule is Cc1ncsc1-c1ccc(CCC(=O)[C@@H]2C[C@@H](O)CN2C(=O)c2cccc(OCCCC(=O)OC(C)(C)C)c2)cc1. The van der Waals surface area contributed by atoms with E-state index >= 15 is 0 Å². The minimum Gasteiger partial charge on any atom is -0.494 e. The molecule has 1 aliphatic heterocycles. The minimum absolute atomic E-state index is 0.0631. The molecule has 1 aliphatic rings. The lowest BCUT2D eigenvalue weighted by Crippen LogP contribution is -2.40. The number of hydrogen-bond acceptors (Lipinski definition) is 8. The number of ether oxygens (including phenoxy) is 2. The number of aryl methyl sites for hydroxylation is 2. The van der Waals surface area contributed by atoms with Gasteiger partial charge in [-0.3, -0.25) is 14.4 Å². The Bertz CT molecular complexity index is 1360. The zero-order valence-electron chi connectivity index (χ0n) is 24.1. The van der Waals surface area contributed by atoms with Crippen molar-refractivity contribution < 1.29 is 29.0 Å². The van der Waals surface area contributed by atoms with Gasteiger partial charge in [-0.25, -0.2) is 4.98 Å². The van der Waals surface area contributed by atoms with E-state index in [2.05, 4.69) is 4.98 Å². The van der Waals surface area contributed by atoms with Gasteiger partial charge in [-0.15, -0.1) is 11.3 Å². The number of aliphatic hydroxyl groups is 1. The highest BCUT2D eigenvalue weighted by atomic mass is 32.1. The van der Waals surface area contributed by atoms with E-state index in [-0.39, 0.29) is 43.5 Å². The predicted octanol–water partition coefficient (Wildman–Crippen LogP) is 5.40. The van der Waals surface area contributed by atoms with Crippen molar-refractivity contribution in [1.82, 2.24) is 9.88 Å². The summed E-state index contributed by atoms with van der Waals surface area (Å²) in [7, 11) is 0. The maximum atomic E-state index is 13.4. The van der Waals surface area contributed by atoms with Gasteiger partial charge in [0.15, 0.2) is 5.78 Å². The van der Waals surface area contributed by atoms with E-state index in [1.165, 1.54) is 4.90 Å². The van der Waals surface area contributed by atoms with Crippen LogP contribution >= 0.6 is 11.3 Å². The van der Waals surface area contributed by atoms with E-state index in [0.29, 0.717) is 30.8 Å². The first-order valence-corrected chi connectivity index (χ1v) is 14.8. The number of ketones is 1. The smallest absolute Gasteiger partial charge is 0.306 e. The van der Waals surface area contributed by atoms with Crippen LogP contribution in [0.4, 0.5) is 0 Å². The van der Waals surface area contributed by atoms with Crippen LogP contribution in [-0.2, 0) is 20.7 Å². The summed E-state index contributed by atoms with van der Waals surface area (Å²) in [5, 5.41) is 10.3. The number of benzene rings is 2. The van der Waals surface area contributed by atoms with E-state index in [1.54, 1.807) is 35.6 Å². The van der Waals surface area contributed by atoms with Crippen molar-refractivity contribution >= 4 is 29.0 Å². The molecule has 2 aromatic carbocycles. The summed E-state index contributed by atoms with van der Waals surface area (Å²) < 4.78 is 11.1. The van der Waals surface area contributed by atoms with Crippen molar-refractivity contribution in [3.8, 4) is 16.2 Å². The fourth-order valence-corrected chi connectivity index (χ4v) is 5.67. The topological polar surface area (TPSA) is 106 Å². The number of aromatic nitrogens is 1. The van der Waals surface area contributed by atoms with Crippen molar-refractivity contribution in [1.29, 1.82) is 0 Å². The van der Waals surface area contributed by atoms with Gasteiger partial charge in [-0.05, 0) is 69.9 Å². The van der Waals surface area contributed by atoms with Crippen LogP contribution in [0.5, 0.6) is 5.75 Å². The zero-order chi connectivity index (χ0) is 29.6. The predicted molar refractivity (Wildman–Crippen MR) is 158 cm³/mol. The number of carbonyl (C=O) groups excluding carboxylic acids is 3. The summed E-state index contributed by atoms with van der Waals surface area (Å²) in [5.74, 6) is -0.161. The highest BCUT2D eigenvalue weighted by Crippen LogP contribution is 2.28. The average molecular weight is 579 g/mol. The van der Waals surface area contributed by atoms with Crippen LogP contribution in [0.3, 0.4) is 0 Å². The normalized spacial score (nSPS) is 17.0. The standard InChI is InChI=1S/C32H38N2O6S/c1-21-30(41-20-33-21)23-13-10-22(11-14-23)12-15-28(36)27-18-25(35)19-34(27)31(38)24-7-5-8-26(17-24)39-16-6-9-29(37)40-32(2,3)4/h5,7-8,10-11,13-14,17,20,25,27,35H,6,9,12,15-16,18-19H2,1-4H3/t25-,27+/m1/s1. The molecular formula is C32H38N2O6S. The Morgan fingerprint density at radius 1 is 1.10 bits per heavy atom. The number of aliphatic hydroxyl groups excluding tert-OH is 1. The van der Waals surface area contributed by atoms with Crippen LogP contribution in [0, 0.1) is 6.92 Å². The fraction of sp³-hybridized carbons (Fsp3) is 0.438. The third-order valence-corrected chi connectivity index (χ3v) is 7.81. The maximum Gasteiger partial charge on any atom is 0.306 e. The van der Waals surface area contributed by atoms with Gasteiger partial charge in [-0.1, -0.05) is 30.3 Å². The van der Waals surface area contributed by atoms with E-state index in [4.69, 9.17) is 9.47 Å². The Morgan fingerprint density at radius 3 is 2.54 bits per heavy atom. The number of nitrogens with zero attached hydrogens (tertiary/aromatic N) is 2. The van der Waals surface area contributed by atoms with Gasteiger partial charge in [0, 0.05) is 31.4 Å². The maximum absolute atomic E-state index is 13.4. The molecule has 4 rings (SSSR count). The lowest BCUT2D eigenvalue weighted by atomic mass is 10.00. The lowest BCUT2D eigenvalue weighted by molar-refractivity contribution is -0.155. The van der Waals surface area contributed by atoms with Crippen molar-refractivity contribution in [3.63, 3.8) is 0 Å². The number of hydrogen-bond donors (Lipinski definition) is 1. The van der Waals surface area contributed by atoms with Gasteiger partial charge in [0.1, 0.15) is 11.4 Å². The molecule has 1 aromatic heterocycles. The van der Waals surface area contributed by atoms with E-state index in [9.17, 15) is 19.5 Å². The van der Waals surface area contributed by atoms with Crippen LogP contribution in [0.25, 0.3) is 10.4 Å². The van der Waals surface area contributed by atoms with Crippen LogP contribution in [0.1, 0.15) is 68.1 Å². The second-order valence-corrected chi connectivity index (χ2v) is 12.2. The van der Waals surface area contributed by atoms with E-state index < -0.39 is 17.7 Å². The fourth-order valence-electron chi connectivity index (χ4n) is 4.86. The second-order valence-electron chi connectivity index (χ2n) is 11.4. The molecule has 41 heavy (non-hydrogen) atoms. The number of thiazole rings is 1. The molecule has 1 saturated heterocycles. The summed E-state index contributed by atoms with van der Waals surface area (Å²) >= 11 is 1.60. The minimum atomic E-state index is -0.748. The summed E-state index contributed by atoms with van der Waals surface area (Å²) in [6.07, 6.45) is 1.04. The van der Waals surface area contributed by atoms with Crippen molar-refractivity contribution in [2.24, 2.45) is 0 Å². The Hall–Kier alpha value is -3.56. The Kier molecular flexibility index (Phi) is 9.94. The van der Waals surface area contributed by atoms with Crippen molar-refractivity contribution in [3.05, 3.63) is 70.9 Å². The number of amides is 1. The summed E-state index contributed by atoms with van der Waals surface area (Å²) in [5.41, 5.74) is 4.83. The number of rotatable bonds is 11. The van der Waals surface area contributed by atoms with Crippen molar-refractivity contribution in [2.75, 3.05) is 13.2 Å². The molecular weight excluding hydrogens is 540 g/mol. The molecule has 218 valence electrons. The Balaban J connectivity index is 1.31. The molecule has 0 spiro atoms. The molecule has 0 aliphatic carbocycles. The van der Waals surface area contributed by atoms with Gasteiger partial charge < -0.3 is 19.5 Å². The first-order valence-electron chi connectivity index (χ1n) is 14.0. The highest BCUT2D eigenvalue weighted by Gasteiger charge is 2.38. The molecule has 8 nitrogen and oxygen atoms in total. The number of likely N-dealkylation sites (tertiary alicyclic amines) is 1. The van der Waals surface area contributed by atoms with Crippen LogP contribution in [0.15, 0.2) is 54.0 Å². The van der Waals surface area contributed by atoms with Crippen LogP contribution < -0.4 is 4.74 Å². The van der Waals surface area contributed by atoms with Gasteiger partial charge in [0.2, 0.25) is 0 Å². The van der Waals surface area contributed by atoms with Gasteiger partial charge in [-0.2, -0.15) is 0 Å². The summed E-state index contributed by atoms with van der Waals surface area (Å²) in [6.45, 7) is 7.87. The lowest BCUT2D eigenvalue weighted by Gasteiger charge is -2.24. The van der Waals surface area contributed by atoms with Gasteiger partial charge in [0.25, 0.3) is 5.91 Å². The quantitative estimate of drug-likeness (QED) is 0.240. The molecule has 3 aromatic rings. The first-order chi connectivity index (χ1) is 19.5. The molecule has 2 atom stereocenters.